The largest absolute Gasteiger partial charge is 0.446 e. The van der Waals surface area contributed by atoms with E-state index in [1.165, 1.54) is 0 Å². The van der Waals surface area contributed by atoms with Crippen molar-refractivity contribution >= 4 is 34.7 Å². The summed E-state index contributed by atoms with van der Waals surface area (Å²) in [6.07, 6.45) is -0.616. The van der Waals surface area contributed by atoms with Crippen molar-refractivity contribution in [2.24, 2.45) is 0 Å². The van der Waals surface area contributed by atoms with E-state index in [0.29, 0.717) is 11.1 Å². The van der Waals surface area contributed by atoms with E-state index in [0.717, 1.165) is 0 Å². The van der Waals surface area contributed by atoms with E-state index in [9.17, 15) is 9.59 Å². The molecule has 0 spiro atoms. The van der Waals surface area contributed by atoms with Crippen LogP contribution in [0.15, 0.2) is 24.3 Å². The van der Waals surface area contributed by atoms with Crippen LogP contribution in [0.5, 0.6) is 0 Å². The fourth-order valence-corrected chi connectivity index (χ4v) is 1.55. The van der Waals surface area contributed by atoms with Gasteiger partial charge in [0, 0.05) is 34.5 Å². The van der Waals surface area contributed by atoms with Crippen LogP contribution >= 0.6 is 23.4 Å². The summed E-state index contributed by atoms with van der Waals surface area (Å²) in [5.74, 6) is -0.463. The molecular formula is C10H9Cl2NO3. The monoisotopic (exact) mass is 261 g/mol. The zero-order chi connectivity index (χ0) is 12.1. The topological polar surface area (TPSA) is 55.4 Å². The van der Waals surface area contributed by atoms with Gasteiger partial charge in [-0.15, -0.1) is 0 Å². The van der Waals surface area contributed by atoms with Crippen LogP contribution in [0.1, 0.15) is 28.9 Å². The van der Waals surface area contributed by atoms with Crippen LogP contribution in [0.25, 0.3) is 0 Å². The molecule has 6 heteroatoms. The van der Waals surface area contributed by atoms with Gasteiger partial charge >= 0.3 is 5.43 Å². The van der Waals surface area contributed by atoms with Crippen LogP contribution in [-0.4, -0.2) is 11.3 Å². The third kappa shape index (κ3) is 3.12. The SMILES string of the molecule is CC(OC(=O)Cl)c1ccccc1C(=O)NCl. The van der Waals surface area contributed by atoms with Gasteiger partial charge in [-0.05, 0) is 13.0 Å². The minimum atomic E-state index is -0.923. The standard InChI is InChI=1S/C10H9Cl2NO3/c1-6(16-10(11)15)7-4-2-3-5-8(7)9(14)13-12/h2-6H,1H3,(H,13,14). The molecule has 0 aromatic heterocycles. The number of nitrogens with one attached hydrogen (secondary N) is 1. The normalized spacial score (nSPS) is 11.7. The first kappa shape index (κ1) is 12.8. The highest BCUT2D eigenvalue weighted by Crippen LogP contribution is 2.22. The molecule has 1 rings (SSSR count). The predicted molar refractivity (Wildman–Crippen MR) is 60.5 cm³/mol. The van der Waals surface area contributed by atoms with Gasteiger partial charge in [0.15, 0.2) is 0 Å². The van der Waals surface area contributed by atoms with E-state index in [1.54, 1.807) is 31.2 Å². The van der Waals surface area contributed by atoms with E-state index >= 15 is 0 Å². The fraction of sp³-hybridized carbons (Fsp3) is 0.200. The van der Waals surface area contributed by atoms with Crippen LogP contribution in [0.4, 0.5) is 4.79 Å². The Morgan fingerprint density at radius 3 is 2.56 bits per heavy atom. The average molecular weight is 262 g/mol. The van der Waals surface area contributed by atoms with Gasteiger partial charge in [0.2, 0.25) is 0 Å². The molecule has 1 aromatic rings. The first-order valence-electron chi connectivity index (χ1n) is 4.42. The van der Waals surface area contributed by atoms with Crippen molar-refractivity contribution < 1.29 is 14.3 Å². The van der Waals surface area contributed by atoms with Gasteiger partial charge in [-0.1, -0.05) is 18.2 Å². The van der Waals surface area contributed by atoms with Crippen LogP contribution in [-0.2, 0) is 4.74 Å². The number of halogens is 2. The quantitative estimate of drug-likeness (QED) is 0.672. The minimum Gasteiger partial charge on any atom is -0.446 e. The zero-order valence-corrected chi connectivity index (χ0v) is 9.88. The van der Waals surface area contributed by atoms with E-state index in [-0.39, 0.29) is 0 Å². The van der Waals surface area contributed by atoms with Crippen molar-refractivity contribution in [3.63, 3.8) is 0 Å². The molecule has 0 saturated heterocycles. The second-order valence-corrected chi connectivity index (χ2v) is 3.51. The number of carbonyl (C=O) groups is 2. The third-order valence-corrected chi connectivity index (χ3v) is 2.26. The lowest BCUT2D eigenvalue weighted by Gasteiger charge is -2.14. The molecule has 0 aliphatic rings. The number of ether oxygens (including phenoxy) is 1. The van der Waals surface area contributed by atoms with E-state index in [1.807, 2.05) is 4.84 Å². The van der Waals surface area contributed by atoms with Crippen molar-refractivity contribution in [1.29, 1.82) is 0 Å². The van der Waals surface area contributed by atoms with Gasteiger partial charge in [-0.25, -0.2) is 4.79 Å². The second-order valence-electron chi connectivity index (χ2n) is 3.01. The highest BCUT2D eigenvalue weighted by atomic mass is 35.5. The van der Waals surface area contributed by atoms with Crippen molar-refractivity contribution in [3.05, 3.63) is 35.4 Å². The molecular weight excluding hydrogens is 253 g/mol. The van der Waals surface area contributed by atoms with Crippen molar-refractivity contribution in [1.82, 2.24) is 4.84 Å². The lowest BCUT2D eigenvalue weighted by Crippen LogP contribution is -2.16. The smallest absolute Gasteiger partial charge is 0.404 e. The molecule has 1 aromatic carbocycles. The lowest BCUT2D eigenvalue weighted by molar-refractivity contribution is 0.0969. The Kier molecular flexibility index (Phi) is 4.58. The van der Waals surface area contributed by atoms with E-state index in [2.05, 4.69) is 0 Å². The zero-order valence-electron chi connectivity index (χ0n) is 8.37. The minimum absolute atomic E-state index is 0.336. The Bertz CT molecular complexity index is 409. The summed E-state index contributed by atoms with van der Waals surface area (Å²) in [5.41, 5.74) is -0.0499. The predicted octanol–water partition coefficient (Wildman–Crippen LogP) is 3.01. The summed E-state index contributed by atoms with van der Waals surface area (Å²) in [6, 6.07) is 6.64. The van der Waals surface area contributed by atoms with Gasteiger partial charge in [0.25, 0.3) is 5.91 Å². The summed E-state index contributed by atoms with van der Waals surface area (Å²) in [6.45, 7) is 1.61. The molecule has 0 aliphatic carbocycles. The Hall–Kier alpha value is -1.26. The van der Waals surface area contributed by atoms with Gasteiger partial charge < -0.3 is 4.74 Å². The molecule has 0 heterocycles. The number of carbonyl (C=O) groups excluding carboxylic acids is 2. The Morgan fingerprint density at radius 1 is 1.38 bits per heavy atom. The fourth-order valence-electron chi connectivity index (χ4n) is 1.31. The summed E-state index contributed by atoms with van der Waals surface area (Å²) < 4.78 is 4.77. The number of rotatable bonds is 3. The number of hydrogen-bond donors (Lipinski definition) is 1. The summed E-state index contributed by atoms with van der Waals surface area (Å²) in [5, 5.41) is 0. The van der Waals surface area contributed by atoms with Crippen molar-refractivity contribution in [2.75, 3.05) is 0 Å². The van der Waals surface area contributed by atoms with Gasteiger partial charge in [0.1, 0.15) is 6.10 Å². The number of benzene rings is 1. The van der Waals surface area contributed by atoms with E-state index in [4.69, 9.17) is 28.1 Å². The number of hydrogen-bond acceptors (Lipinski definition) is 3. The first-order chi connectivity index (χ1) is 7.56. The van der Waals surface area contributed by atoms with Gasteiger partial charge in [-0.3, -0.25) is 9.63 Å². The number of amides is 1. The maximum atomic E-state index is 11.4. The molecule has 4 nitrogen and oxygen atoms in total. The Balaban J connectivity index is 3.03. The Morgan fingerprint density at radius 2 is 2.00 bits per heavy atom. The highest BCUT2D eigenvalue weighted by Gasteiger charge is 2.17. The van der Waals surface area contributed by atoms with E-state index < -0.39 is 17.4 Å². The summed E-state index contributed by atoms with van der Waals surface area (Å²) >= 11 is 10.3. The maximum absolute atomic E-state index is 11.4. The second kappa shape index (κ2) is 5.72. The first-order valence-corrected chi connectivity index (χ1v) is 5.18. The molecule has 0 radical (unpaired) electrons. The summed E-state index contributed by atoms with van der Waals surface area (Å²) in [4.78, 5) is 24.0. The molecule has 0 saturated carbocycles. The van der Waals surface area contributed by atoms with Crippen molar-refractivity contribution in [3.8, 4) is 0 Å². The maximum Gasteiger partial charge on any atom is 0.404 e. The molecule has 0 fully saturated rings. The molecule has 16 heavy (non-hydrogen) atoms. The van der Waals surface area contributed by atoms with Gasteiger partial charge in [0.05, 0.1) is 0 Å². The molecule has 0 aliphatic heterocycles. The third-order valence-electron chi connectivity index (χ3n) is 2.00. The molecule has 1 unspecified atom stereocenters. The summed E-state index contributed by atoms with van der Waals surface area (Å²) in [7, 11) is 0. The highest BCUT2D eigenvalue weighted by molar-refractivity contribution is 6.61. The molecule has 86 valence electrons. The molecule has 1 atom stereocenters. The average Bonchev–Trinajstić information content (AvgIpc) is 2.27. The molecule has 0 bridgehead atoms. The van der Waals surface area contributed by atoms with Crippen LogP contribution in [0.2, 0.25) is 0 Å². The molecule has 1 N–H and O–H groups in total. The Labute approximate surface area is 103 Å². The molecule has 1 amide bonds. The lowest BCUT2D eigenvalue weighted by atomic mass is 10.0. The van der Waals surface area contributed by atoms with Gasteiger partial charge in [-0.2, -0.15) is 0 Å². The van der Waals surface area contributed by atoms with Crippen molar-refractivity contribution in [2.45, 2.75) is 13.0 Å². The van der Waals surface area contributed by atoms with Crippen LogP contribution in [0, 0.1) is 0 Å². The van der Waals surface area contributed by atoms with Crippen LogP contribution in [0.3, 0.4) is 0 Å². The van der Waals surface area contributed by atoms with Crippen LogP contribution < -0.4 is 4.84 Å².